The number of hydrogen-bond donors (Lipinski definition) is 1. The van der Waals surface area contributed by atoms with Crippen LogP contribution >= 0.6 is 15.9 Å². The summed E-state index contributed by atoms with van der Waals surface area (Å²) in [6.45, 7) is 0.000732. The molecule has 0 aliphatic carbocycles. The van der Waals surface area contributed by atoms with Crippen molar-refractivity contribution in [1.29, 1.82) is 0 Å². The summed E-state index contributed by atoms with van der Waals surface area (Å²) in [4.78, 5) is 27.7. The van der Waals surface area contributed by atoms with Crippen molar-refractivity contribution in [1.82, 2.24) is 9.62 Å². The highest BCUT2D eigenvalue weighted by molar-refractivity contribution is 9.10. The van der Waals surface area contributed by atoms with Gasteiger partial charge in [0.2, 0.25) is 15.9 Å². The van der Waals surface area contributed by atoms with E-state index < -0.39 is 28.6 Å². The second-order valence-electron chi connectivity index (χ2n) is 8.32. The molecular formula is C26H26BrN3O5S. The lowest BCUT2D eigenvalue weighted by Crippen LogP contribution is -2.52. The smallest absolute Gasteiger partial charge is 0.262 e. The number of rotatable bonds is 8. The number of para-hydroxylation sites is 2. The van der Waals surface area contributed by atoms with Crippen LogP contribution < -0.4 is 15.0 Å². The van der Waals surface area contributed by atoms with Crippen LogP contribution in [0.1, 0.15) is 5.56 Å². The van der Waals surface area contributed by atoms with Gasteiger partial charge in [0.05, 0.1) is 23.7 Å². The maximum absolute atomic E-state index is 13.3. The van der Waals surface area contributed by atoms with E-state index in [2.05, 4.69) is 21.2 Å². The van der Waals surface area contributed by atoms with E-state index in [0.29, 0.717) is 24.4 Å². The van der Waals surface area contributed by atoms with E-state index >= 15 is 0 Å². The number of carbonyl (C=O) groups excluding carboxylic acids is 2. The fourth-order valence-electron chi connectivity index (χ4n) is 3.84. The summed E-state index contributed by atoms with van der Waals surface area (Å²) >= 11 is 3.29. The highest BCUT2D eigenvalue weighted by atomic mass is 79.9. The van der Waals surface area contributed by atoms with Crippen LogP contribution in [0.15, 0.2) is 88.2 Å². The number of benzene rings is 3. The van der Waals surface area contributed by atoms with E-state index in [-0.39, 0.29) is 17.3 Å². The number of fused-ring (bicyclic) bond motifs is 1. The second kappa shape index (κ2) is 11.2. The van der Waals surface area contributed by atoms with E-state index in [1.807, 2.05) is 30.3 Å². The van der Waals surface area contributed by atoms with Gasteiger partial charge >= 0.3 is 0 Å². The number of halogens is 1. The molecule has 188 valence electrons. The highest BCUT2D eigenvalue weighted by Gasteiger charge is 2.35. The lowest BCUT2D eigenvalue weighted by atomic mass is 10.1. The van der Waals surface area contributed by atoms with Gasteiger partial charge in [-0.1, -0.05) is 58.4 Å². The number of amides is 2. The molecule has 1 unspecified atom stereocenters. The van der Waals surface area contributed by atoms with E-state index in [4.69, 9.17) is 4.74 Å². The van der Waals surface area contributed by atoms with E-state index in [1.165, 1.54) is 24.1 Å². The molecule has 8 nitrogen and oxygen atoms in total. The monoisotopic (exact) mass is 571 g/mol. The number of likely N-dealkylation sites (N-methyl/N-ethyl adjacent to an activating group) is 1. The number of hydrogen-bond acceptors (Lipinski definition) is 5. The largest absolute Gasteiger partial charge is 0.477 e. The molecule has 1 heterocycles. The van der Waals surface area contributed by atoms with Crippen LogP contribution in [-0.4, -0.2) is 57.3 Å². The predicted octanol–water partition coefficient (Wildman–Crippen LogP) is 3.22. The van der Waals surface area contributed by atoms with Crippen LogP contribution in [0.3, 0.4) is 0 Å². The van der Waals surface area contributed by atoms with Gasteiger partial charge in [0, 0.05) is 18.1 Å². The SMILES string of the molecule is CN(CC(=O)N1CC(C(=O)NCCc2ccccc2)Oc2ccccc21)S(=O)(=O)c1ccc(Br)cc1. The minimum atomic E-state index is -3.88. The zero-order valence-corrected chi connectivity index (χ0v) is 22.0. The first-order chi connectivity index (χ1) is 17.3. The molecule has 0 fully saturated rings. The summed E-state index contributed by atoms with van der Waals surface area (Å²) in [6.07, 6.45) is -0.259. The van der Waals surface area contributed by atoms with Crippen molar-refractivity contribution in [3.8, 4) is 5.75 Å². The Morgan fingerprint density at radius 2 is 1.69 bits per heavy atom. The van der Waals surface area contributed by atoms with Crippen molar-refractivity contribution in [2.24, 2.45) is 0 Å². The number of nitrogens with zero attached hydrogens (tertiary/aromatic N) is 2. The molecule has 1 atom stereocenters. The first-order valence-electron chi connectivity index (χ1n) is 11.4. The van der Waals surface area contributed by atoms with Crippen molar-refractivity contribution in [2.45, 2.75) is 17.4 Å². The van der Waals surface area contributed by atoms with Gasteiger partial charge in [-0.25, -0.2) is 8.42 Å². The molecular weight excluding hydrogens is 546 g/mol. The van der Waals surface area contributed by atoms with Crippen molar-refractivity contribution in [3.05, 3.63) is 88.9 Å². The molecule has 2 amide bonds. The number of carbonyl (C=O) groups is 2. The molecule has 0 radical (unpaired) electrons. The van der Waals surface area contributed by atoms with Gasteiger partial charge < -0.3 is 15.0 Å². The van der Waals surface area contributed by atoms with Crippen molar-refractivity contribution < 1.29 is 22.7 Å². The van der Waals surface area contributed by atoms with Crippen molar-refractivity contribution in [2.75, 3.05) is 31.6 Å². The Hall–Kier alpha value is -3.21. The first-order valence-corrected chi connectivity index (χ1v) is 13.6. The molecule has 1 aliphatic heterocycles. The van der Waals surface area contributed by atoms with E-state index in [9.17, 15) is 18.0 Å². The Balaban J connectivity index is 1.45. The van der Waals surface area contributed by atoms with Crippen LogP contribution in [0.25, 0.3) is 0 Å². The molecule has 4 rings (SSSR count). The van der Waals surface area contributed by atoms with Crippen LogP contribution in [0.4, 0.5) is 5.69 Å². The minimum absolute atomic E-state index is 0.0286. The summed E-state index contributed by atoms with van der Waals surface area (Å²) in [6, 6.07) is 22.9. The fourth-order valence-corrected chi connectivity index (χ4v) is 5.23. The van der Waals surface area contributed by atoms with Gasteiger partial charge in [-0.2, -0.15) is 4.31 Å². The van der Waals surface area contributed by atoms with Crippen molar-refractivity contribution >= 4 is 43.5 Å². The molecule has 0 saturated carbocycles. The fraction of sp³-hybridized carbons (Fsp3) is 0.231. The van der Waals surface area contributed by atoms with Crippen LogP contribution in [0.2, 0.25) is 0 Å². The standard InChI is InChI=1S/C26H26BrN3O5S/c1-29(36(33,34)21-13-11-20(27)12-14-21)18-25(31)30-17-24(35-23-10-6-5-9-22(23)30)26(32)28-16-15-19-7-3-2-4-8-19/h2-14,24H,15-18H2,1H3,(H,28,32). The maximum Gasteiger partial charge on any atom is 0.262 e. The van der Waals surface area contributed by atoms with Crippen molar-refractivity contribution in [3.63, 3.8) is 0 Å². The molecule has 0 bridgehead atoms. The molecule has 36 heavy (non-hydrogen) atoms. The predicted molar refractivity (Wildman–Crippen MR) is 140 cm³/mol. The third-order valence-electron chi connectivity index (χ3n) is 5.80. The number of sulfonamides is 1. The third-order valence-corrected chi connectivity index (χ3v) is 8.15. The Bertz CT molecular complexity index is 1330. The first kappa shape index (κ1) is 25.9. The van der Waals surface area contributed by atoms with Gasteiger partial charge in [-0.3, -0.25) is 9.59 Å². The molecule has 3 aromatic carbocycles. The molecule has 1 aliphatic rings. The zero-order chi connectivity index (χ0) is 25.7. The summed E-state index contributed by atoms with van der Waals surface area (Å²) < 4.78 is 33.6. The summed E-state index contributed by atoms with van der Waals surface area (Å²) in [5.41, 5.74) is 1.59. The number of nitrogens with one attached hydrogen (secondary N) is 1. The normalized spacial score (nSPS) is 15.2. The number of ether oxygens (including phenoxy) is 1. The Morgan fingerprint density at radius 3 is 2.42 bits per heavy atom. The Morgan fingerprint density at radius 1 is 1.03 bits per heavy atom. The zero-order valence-electron chi connectivity index (χ0n) is 19.6. The van der Waals surface area contributed by atoms with Gasteiger partial charge in [-0.15, -0.1) is 0 Å². The summed E-state index contributed by atoms with van der Waals surface area (Å²) in [7, 11) is -2.52. The lowest BCUT2D eigenvalue weighted by molar-refractivity contribution is -0.128. The molecule has 1 N–H and O–H groups in total. The van der Waals surface area contributed by atoms with Gasteiger partial charge in [0.15, 0.2) is 6.10 Å². The summed E-state index contributed by atoms with van der Waals surface area (Å²) in [5.74, 6) is -0.413. The van der Waals surface area contributed by atoms with Crippen LogP contribution in [-0.2, 0) is 26.0 Å². The summed E-state index contributed by atoms with van der Waals surface area (Å²) in [5, 5.41) is 2.87. The second-order valence-corrected chi connectivity index (χ2v) is 11.3. The Labute approximate surface area is 219 Å². The topological polar surface area (TPSA) is 96.0 Å². The number of anilines is 1. The molecule has 10 heteroatoms. The third kappa shape index (κ3) is 5.95. The maximum atomic E-state index is 13.3. The molecule has 0 spiro atoms. The Kier molecular flexibility index (Phi) is 8.07. The quantitative estimate of drug-likeness (QED) is 0.448. The molecule has 3 aromatic rings. The molecule has 0 saturated heterocycles. The van der Waals surface area contributed by atoms with Crippen LogP contribution in [0, 0.1) is 0 Å². The molecule has 0 aromatic heterocycles. The van der Waals surface area contributed by atoms with E-state index in [1.54, 1.807) is 36.4 Å². The highest BCUT2D eigenvalue weighted by Crippen LogP contribution is 2.33. The van der Waals surface area contributed by atoms with E-state index in [0.717, 1.165) is 14.3 Å². The average molecular weight is 572 g/mol. The average Bonchev–Trinajstić information content (AvgIpc) is 2.88. The lowest BCUT2D eigenvalue weighted by Gasteiger charge is -2.35. The van der Waals surface area contributed by atoms with Gasteiger partial charge in [0.1, 0.15) is 5.75 Å². The van der Waals surface area contributed by atoms with Crippen LogP contribution in [0.5, 0.6) is 5.75 Å². The minimum Gasteiger partial charge on any atom is -0.477 e. The van der Waals surface area contributed by atoms with Gasteiger partial charge in [-0.05, 0) is 48.4 Å². The van der Waals surface area contributed by atoms with Gasteiger partial charge in [0.25, 0.3) is 5.91 Å².